The number of nitrogens with one attached hydrogen (secondary N) is 1. The molecule has 1 amide bonds. The maximum absolute atomic E-state index is 12.7. The zero-order valence-corrected chi connectivity index (χ0v) is 19.1. The molecule has 0 radical (unpaired) electrons. The number of piperidine rings is 1. The molecular formula is C25H26N4O2S. The van der Waals surface area contributed by atoms with Gasteiger partial charge in [0.1, 0.15) is 5.03 Å². The molecule has 0 saturated carbocycles. The Bertz CT molecular complexity index is 1090. The van der Waals surface area contributed by atoms with E-state index in [2.05, 4.69) is 51.4 Å². The summed E-state index contributed by atoms with van der Waals surface area (Å²) < 4.78 is 0. The number of benzene rings is 2. The molecule has 1 aromatic heterocycles. The van der Waals surface area contributed by atoms with Gasteiger partial charge in [-0.3, -0.25) is 9.59 Å². The van der Waals surface area contributed by atoms with Crippen LogP contribution in [0.25, 0.3) is 0 Å². The minimum Gasteiger partial charge on any atom is -0.354 e. The first-order valence-electron chi connectivity index (χ1n) is 10.7. The minimum atomic E-state index is -0.0522. The van der Waals surface area contributed by atoms with Crippen molar-refractivity contribution in [2.24, 2.45) is 5.92 Å². The molecule has 0 spiro atoms. The van der Waals surface area contributed by atoms with E-state index in [-0.39, 0.29) is 17.6 Å². The quantitative estimate of drug-likeness (QED) is 0.538. The largest absolute Gasteiger partial charge is 0.354 e. The fourth-order valence-electron chi connectivity index (χ4n) is 3.71. The summed E-state index contributed by atoms with van der Waals surface area (Å²) in [4.78, 5) is 36.6. The van der Waals surface area contributed by atoms with Crippen molar-refractivity contribution in [2.75, 3.05) is 23.3 Å². The first-order chi connectivity index (χ1) is 15.5. The molecule has 7 heteroatoms. The van der Waals surface area contributed by atoms with Gasteiger partial charge in [-0.05, 0) is 63.1 Å². The van der Waals surface area contributed by atoms with Crippen LogP contribution in [0.2, 0.25) is 0 Å². The number of carbonyl (C=O) groups is 2. The molecule has 0 bridgehead atoms. The van der Waals surface area contributed by atoms with Crippen LogP contribution < -0.4 is 10.2 Å². The molecule has 164 valence electrons. The molecule has 1 fully saturated rings. The highest BCUT2D eigenvalue weighted by Gasteiger charge is 2.27. The van der Waals surface area contributed by atoms with E-state index in [1.165, 1.54) is 12.5 Å². The predicted octanol–water partition coefficient (Wildman–Crippen LogP) is 4.99. The maximum Gasteiger partial charge on any atom is 0.227 e. The van der Waals surface area contributed by atoms with Crippen molar-refractivity contribution in [3.63, 3.8) is 0 Å². The van der Waals surface area contributed by atoms with Crippen molar-refractivity contribution in [1.82, 2.24) is 9.97 Å². The average Bonchev–Trinajstić information content (AvgIpc) is 2.81. The Hall–Kier alpha value is -3.19. The van der Waals surface area contributed by atoms with E-state index in [1.807, 2.05) is 0 Å². The third-order valence-electron chi connectivity index (χ3n) is 5.61. The molecule has 0 unspecified atom stereocenters. The average molecular weight is 447 g/mol. The van der Waals surface area contributed by atoms with Crippen molar-refractivity contribution < 1.29 is 9.59 Å². The monoisotopic (exact) mass is 446 g/mol. The number of nitrogens with zero attached hydrogens (tertiary/aromatic N) is 3. The molecule has 3 aromatic rings. The second-order valence-electron chi connectivity index (χ2n) is 7.98. The molecule has 0 atom stereocenters. The number of hydrogen-bond donors (Lipinski definition) is 1. The van der Waals surface area contributed by atoms with Gasteiger partial charge >= 0.3 is 0 Å². The maximum atomic E-state index is 12.7. The first kappa shape index (κ1) is 22.0. The second kappa shape index (κ2) is 9.96. The van der Waals surface area contributed by atoms with Gasteiger partial charge in [-0.1, -0.05) is 29.5 Å². The number of amides is 1. The van der Waals surface area contributed by atoms with Gasteiger partial charge in [-0.25, -0.2) is 9.97 Å². The Balaban J connectivity index is 1.37. The minimum absolute atomic E-state index is 0.0131. The summed E-state index contributed by atoms with van der Waals surface area (Å²) in [5.41, 5.74) is 2.58. The van der Waals surface area contributed by atoms with Gasteiger partial charge < -0.3 is 10.2 Å². The van der Waals surface area contributed by atoms with Gasteiger partial charge in [0.2, 0.25) is 5.91 Å². The fourth-order valence-corrected chi connectivity index (χ4v) is 4.59. The second-order valence-corrected chi connectivity index (χ2v) is 9.05. The third kappa shape index (κ3) is 5.34. The van der Waals surface area contributed by atoms with Gasteiger partial charge in [0.15, 0.2) is 11.6 Å². The number of aryl methyl sites for hydroxylation is 1. The number of rotatable bonds is 6. The van der Waals surface area contributed by atoms with E-state index in [9.17, 15) is 9.59 Å². The summed E-state index contributed by atoms with van der Waals surface area (Å²) in [7, 11) is 0. The van der Waals surface area contributed by atoms with Gasteiger partial charge in [-0.2, -0.15) is 0 Å². The molecule has 2 heterocycles. The van der Waals surface area contributed by atoms with Crippen LogP contribution in [-0.2, 0) is 4.79 Å². The van der Waals surface area contributed by atoms with Gasteiger partial charge in [0.25, 0.3) is 0 Å². The highest BCUT2D eigenvalue weighted by atomic mass is 32.2. The third-order valence-corrected chi connectivity index (χ3v) is 6.60. The lowest BCUT2D eigenvalue weighted by atomic mass is 9.96. The van der Waals surface area contributed by atoms with Crippen molar-refractivity contribution in [1.29, 1.82) is 0 Å². The summed E-state index contributed by atoms with van der Waals surface area (Å²) in [6, 6.07) is 15.4. The Morgan fingerprint density at radius 1 is 0.969 bits per heavy atom. The number of Topliss-reactive ketones (excluding diaryl/α,β-unsaturated/α-hetero) is 1. The van der Waals surface area contributed by atoms with Crippen LogP contribution in [0, 0.1) is 12.8 Å². The van der Waals surface area contributed by atoms with Gasteiger partial charge in [-0.15, -0.1) is 0 Å². The SMILES string of the molecule is CC(=O)c1ccc(NC(=O)C2CCN(c3nccnc3Sc3ccc(C)cc3)CC2)cc1. The van der Waals surface area contributed by atoms with Crippen LogP contribution in [-0.4, -0.2) is 34.7 Å². The Labute approximate surface area is 192 Å². The van der Waals surface area contributed by atoms with Crippen LogP contribution in [0.1, 0.15) is 35.7 Å². The Morgan fingerprint density at radius 3 is 2.28 bits per heavy atom. The standard InChI is InChI=1S/C25H26N4O2S/c1-17-3-9-22(10-4-17)32-25-23(26-13-14-27-25)29-15-11-20(12-16-29)24(31)28-21-7-5-19(6-8-21)18(2)30/h3-10,13-14,20H,11-12,15-16H2,1-2H3,(H,28,31). The number of aromatic nitrogens is 2. The molecule has 32 heavy (non-hydrogen) atoms. The molecule has 6 nitrogen and oxygen atoms in total. The normalized spacial score (nSPS) is 14.2. The van der Waals surface area contributed by atoms with E-state index in [0.717, 1.165) is 41.7 Å². The lowest BCUT2D eigenvalue weighted by Gasteiger charge is -2.32. The molecule has 1 saturated heterocycles. The summed E-state index contributed by atoms with van der Waals surface area (Å²) in [6.45, 7) is 5.11. The van der Waals surface area contributed by atoms with Crippen LogP contribution in [0.5, 0.6) is 0 Å². The van der Waals surface area contributed by atoms with Crippen molar-refractivity contribution in [3.8, 4) is 0 Å². The highest BCUT2D eigenvalue weighted by Crippen LogP contribution is 2.34. The lowest BCUT2D eigenvalue weighted by molar-refractivity contribution is -0.120. The van der Waals surface area contributed by atoms with Crippen LogP contribution in [0.4, 0.5) is 11.5 Å². The summed E-state index contributed by atoms with van der Waals surface area (Å²) in [5.74, 6) is 0.855. The van der Waals surface area contributed by atoms with Gasteiger partial charge in [0, 0.05) is 47.5 Å². The Kier molecular flexibility index (Phi) is 6.85. The predicted molar refractivity (Wildman–Crippen MR) is 127 cm³/mol. The van der Waals surface area contributed by atoms with Gasteiger partial charge in [0.05, 0.1) is 0 Å². The van der Waals surface area contributed by atoms with Crippen molar-refractivity contribution in [3.05, 3.63) is 72.1 Å². The topological polar surface area (TPSA) is 75.2 Å². The van der Waals surface area contributed by atoms with E-state index in [0.29, 0.717) is 11.3 Å². The smallest absolute Gasteiger partial charge is 0.227 e. The number of ketones is 1. The first-order valence-corrected chi connectivity index (χ1v) is 11.5. The van der Waals surface area contributed by atoms with E-state index < -0.39 is 0 Å². The van der Waals surface area contributed by atoms with Crippen molar-refractivity contribution >= 4 is 35.0 Å². The summed E-state index contributed by atoms with van der Waals surface area (Å²) in [5, 5.41) is 3.86. The molecule has 1 N–H and O–H groups in total. The Morgan fingerprint density at radius 2 is 1.62 bits per heavy atom. The molecule has 1 aliphatic rings. The fraction of sp³-hybridized carbons (Fsp3) is 0.280. The number of anilines is 2. The summed E-state index contributed by atoms with van der Waals surface area (Å²) in [6.07, 6.45) is 4.95. The molecule has 1 aliphatic heterocycles. The zero-order valence-electron chi connectivity index (χ0n) is 18.2. The number of carbonyl (C=O) groups excluding carboxylic acids is 2. The lowest BCUT2D eigenvalue weighted by Crippen LogP contribution is -2.38. The van der Waals surface area contributed by atoms with Crippen molar-refractivity contribution in [2.45, 2.75) is 36.6 Å². The van der Waals surface area contributed by atoms with E-state index in [4.69, 9.17) is 0 Å². The summed E-state index contributed by atoms with van der Waals surface area (Å²) >= 11 is 1.61. The zero-order chi connectivity index (χ0) is 22.5. The molecule has 0 aliphatic carbocycles. The number of hydrogen-bond acceptors (Lipinski definition) is 6. The molecule has 2 aromatic carbocycles. The van der Waals surface area contributed by atoms with Crippen LogP contribution in [0.15, 0.2) is 70.8 Å². The molecular weight excluding hydrogens is 420 g/mol. The molecule has 4 rings (SSSR count). The van der Waals surface area contributed by atoms with Crippen LogP contribution >= 0.6 is 11.8 Å². The van der Waals surface area contributed by atoms with Crippen LogP contribution in [0.3, 0.4) is 0 Å². The van der Waals surface area contributed by atoms with E-state index >= 15 is 0 Å². The highest BCUT2D eigenvalue weighted by molar-refractivity contribution is 7.99. The van der Waals surface area contributed by atoms with E-state index in [1.54, 1.807) is 48.4 Å².